The third-order valence-electron chi connectivity index (χ3n) is 4.57. The molecule has 2 heteroatoms. The summed E-state index contributed by atoms with van der Waals surface area (Å²) < 4.78 is 5.45. The van der Waals surface area contributed by atoms with Crippen LogP contribution >= 0.6 is 0 Å². The third-order valence-corrected chi connectivity index (χ3v) is 4.57. The fraction of sp³-hybridized carbons (Fsp3) is 0.667. The maximum atomic E-state index is 5.45. The first-order valence-electron chi connectivity index (χ1n) is 8.08. The van der Waals surface area contributed by atoms with Gasteiger partial charge in [-0.2, -0.15) is 0 Å². The van der Waals surface area contributed by atoms with Crippen LogP contribution in [0, 0.1) is 0 Å². The van der Waals surface area contributed by atoms with E-state index in [0.29, 0.717) is 18.1 Å². The molecule has 3 unspecified atom stereocenters. The maximum Gasteiger partial charge on any atom is 0.0558 e. The summed E-state index contributed by atoms with van der Waals surface area (Å²) in [5.41, 5.74) is 3.16. The fourth-order valence-electron chi connectivity index (χ4n) is 3.49. The Labute approximate surface area is 123 Å². The highest BCUT2D eigenvalue weighted by Crippen LogP contribution is 2.35. The van der Waals surface area contributed by atoms with E-state index >= 15 is 0 Å². The molecule has 1 aliphatic rings. The highest BCUT2D eigenvalue weighted by molar-refractivity contribution is 5.32. The van der Waals surface area contributed by atoms with Gasteiger partial charge in [-0.25, -0.2) is 0 Å². The molecule has 0 aromatic heterocycles. The summed E-state index contributed by atoms with van der Waals surface area (Å²) in [5, 5.41) is 3.65. The lowest BCUT2D eigenvalue weighted by molar-refractivity contribution is 0.0982. The predicted octanol–water partition coefficient (Wildman–Crippen LogP) is 3.90. The maximum absolute atomic E-state index is 5.45. The first-order valence-corrected chi connectivity index (χ1v) is 8.08. The molecular formula is C18H29NO. The Morgan fingerprint density at radius 2 is 2.15 bits per heavy atom. The monoisotopic (exact) mass is 275 g/mol. The van der Waals surface area contributed by atoms with E-state index in [1.54, 1.807) is 11.1 Å². The summed E-state index contributed by atoms with van der Waals surface area (Å²) in [6.07, 6.45) is 6.59. The number of rotatable bonds is 7. The van der Waals surface area contributed by atoms with Gasteiger partial charge >= 0.3 is 0 Å². The lowest BCUT2D eigenvalue weighted by Crippen LogP contribution is -2.34. The van der Waals surface area contributed by atoms with Crippen molar-refractivity contribution in [1.82, 2.24) is 5.32 Å². The molecule has 0 saturated carbocycles. The Hall–Kier alpha value is -0.860. The van der Waals surface area contributed by atoms with Crippen LogP contribution in [-0.4, -0.2) is 25.8 Å². The third kappa shape index (κ3) is 4.07. The minimum atomic E-state index is 0.331. The molecule has 112 valence electrons. The standard InChI is InChI=1S/C18H29NO/c1-4-19-17(12-14(2)20-3)13-16-10-7-9-15-8-5-6-11-18(15)16/h5-6,8,11,14,16-17,19H,4,7,9-10,12-13H2,1-3H3. The lowest BCUT2D eigenvalue weighted by atomic mass is 9.79. The van der Waals surface area contributed by atoms with Crippen molar-refractivity contribution in [3.63, 3.8) is 0 Å². The second-order valence-electron chi connectivity index (χ2n) is 6.06. The van der Waals surface area contributed by atoms with Crippen LogP contribution in [-0.2, 0) is 11.2 Å². The van der Waals surface area contributed by atoms with Gasteiger partial charge in [0, 0.05) is 13.2 Å². The molecule has 1 aliphatic carbocycles. The minimum absolute atomic E-state index is 0.331. The van der Waals surface area contributed by atoms with Crippen molar-refractivity contribution >= 4 is 0 Å². The zero-order valence-corrected chi connectivity index (χ0v) is 13.2. The van der Waals surface area contributed by atoms with Crippen molar-refractivity contribution in [2.24, 2.45) is 0 Å². The molecule has 0 saturated heterocycles. The average molecular weight is 275 g/mol. The molecule has 0 spiro atoms. The van der Waals surface area contributed by atoms with E-state index in [1.807, 2.05) is 7.11 Å². The van der Waals surface area contributed by atoms with Gasteiger partial charge in [0.25, 0.3) is 0 Å². The van der Waals surface area contributed by atoms with Crippen LogP contribution in [0.5, 0.6) is 0 Å². The van der Waals surface area contributed by atoms with E-state index in [-0.39, 0.29) is 0 Å². The summed E-state index contributed by atoms with van der Waals surface area (Å²) >= 11 is 0. The van der Waals surface area contributed by atoms with Gasteiger partial charge < -0.3 is 10.1 Å². The summed E-state index contributed by atoms with van der Waals surface area (Å²) in [5.74, 6) is 0.716. The molecule has 0 heterocycles. The summed E-state index contributed by atoms with van der Waals surface area (Å²) in [4.78, 5) is 0. The number of benzene rings is 1. The predicted molar refractivity (Wildman–Crippen MR) is 85.3 cm³/mol. The Bertz CT molecular complexity index is 404. The van der Waals surface area contributed by atoms with Gasteiger partial charge in [-0.3, -0.25) is 0 Å². The molecule has 1 aromatic carbocycles. The second kappa shape index (κ2) is 7.80. The smallest absolute Gasteiger partial charge is 0.0558 e. The van der Waals surface area contributed by atoms with Gasteiger partial charge in [0.15, 0.2) is 0 Å². The van der Waals surface area contributed by atoms with E-state index in [1.165, 1.54) is 25.7 Å². The summed E-state index contributed by atoms with van der Waals surface area (Å²) in [7, 11) is 1.81. The van der Waals surface area contributed by atoms with Gasteiger partial charge in [0.05, 0.1) is 6.10 Å². The number of aryl methyl sites for hydroxylation is 1. The molecular weight excluding hydrogens is 246 g/mol. The Kier molecular flexibility index (Phi) is 6.06. The van der Waals surface area contributed by atoms with Crippen molar-refractivity contribution in [3.8, 4) is 0 Å². The van der Waals surface area contributed by atoms with E-state index < -0.39 is 0 Å². The normalized spacial score (nSPS) is 21.2. The Morgan fingerprint density at radius 1 is 1.35 bits per heavy atom. The van der Waals surface area contributed by atoms with Gasteiger partial charge in [-0.1, -0.05) is 31.2 Å². The van der Waals surface area contributed by atoms with Crippen molar-refractivity contribution in [2.75, 3.05) is 13.7 Å². The van der Waals surface area contributed by atoms with E-state index in [9.17, 15) is 0 Å². The molecule has 0 fully saturated rings. The van der Waals surface area contributed by atoms with Crippen LogP contribution in [0.15, 0.2) is 24.3 Å². The minimum Gasteiger partial charge on any atom is -0.382 e. The van der Waals surface area contributed by atoms with E-state index in [4.69, 9.17) is 4.74 Å². The molecule has 0 amide bonds. The summed E-state index contributed by atoms with van der Waals surface area (Å²) in [6.45, 7) is 5.40. The van der Waals surface area contributed by atoms with Crippen LogP contribution in [0.2, 0.25) is 0 Å². The van der Waals surface area contributed by atoms with E-state index in [0.717, 1.165) is 13.0 Å². The van der Waals surface area contributed by atoms with Crippen molar-refractivity contribution < 1.29 is 4.74 Å². The quantitative estimate of drug-likeness (QED) is 0.815. The first kappa shape index (κ1) is 15.5. The van der Waals surface area contributed by atoms with Gasteiger partial charge in [-0.05, 0) is 62.6 Å². The molecule has 20 heavy (non-hydrogen) atoms. The first-order chi connectivity index (χ1) is 9.74. The second-order valence-corrected chi connectivity index (χ2v) is 6.06. The largest absolute Gasteiger partial charge is 0.382 e. The van der Waals surface area contributed by atoms with Gasteiger partial charge in [-0.15, -0.1) is 0 Å². The number of ether oxygens (including phenoxy) is 1. The van der Waals surface area contributed by atoms with Crippen molar-refractivity contribution in [1.29, 1.82) is 0 Å². The molecule has 3 atom stereocenters. The number of nitrogens with one attached hydrogen (secondary N) is 1. The van der Waals surface area contributed by atoms with Crippen LogP contribution < -0.4 is 5.32 Å². The Balaban J connectivity index is 2.03. The van der Waals surface area contributed by atoms with Crippen LogP contribution in [0.3, 0.4) is 0 Å². The lowest BCUT2D eigenvalue weighted by Gasteiger charge is -2.30. The number of hydrogen-bond donors (Lipinski definition) is 1. The fourth-order valence-corrected chi connectivity index (χ4v) is 3.49. The SMILES string of the molecule is CCNC(CC(C)OC)CC1CCCc2ccccc21. The number of hydrogen-bond acceptors (Lipinski definition) is 2. The van der Waals surface area contributed by atoms with Gasteiger partial charge in [0.1, 0.15) is 0 Å². The molecule has 0 bridgehead atoms. The van der Waals surface area contributed by atoms with E-state index in [2.05, 4.69) is 43.4 Å². The molecule has 2 nitrogen and oxygen atoms in total. The number of fused-ring (bicyclic) bond motifs is 1. The van der Waals surface area contributed by atoms with Crippen LogP contribution in [0.25, 0.3) is 0 Å². The van der Waals surface area contributed by atoms with Crippen molar-refractivity contribution in [2.45, 2.75) is 64.0 Å². The average Bonchev–Trinajstić information content (AvgIpc) is 2.47. The zero-order chi connectivity index (χ0) is 14.4. The molecule has 0 radical (unpaired) electrons. The zero-order valence-electron chi connectivity index (χ0n) is 13.2. The molecule has 0 aliphatic heterocycles. The Morgan fingerprint density at radius 3 is 2.90 bits per heavy atom. The highest BCUT2D eigenvalue weighted by atomic mass is 16.5. The summed E-state index contributed by atoms with van der Waals surface area (Å²) in [6, 6.07) is 9.57. The molecule has 2 rings (SSSR count). The highest BCUT2D eigenvalue weighted by Gasteiger charge is 2.23. The van der Waals surface area contributed by atoms with Crippen molar-refractivity contribution in [3.05, 3.63) is 35.4 Å². The molecule has 1 aromatic rings. The van der Waals surface area contributed by atoms with Crippen LogP contribution in [0.1, 0.15) is 56.6 Å². The topological polar surface area (TPSA) is 21.3 Å². The van der Waals surface area contributed by atoms with Crippen LogP contribution in [0.4, 0.5) is 0 Å². The van der Waals surface area contributed by atoms with Gasteiger partial charge in [0.2, 0.25) is 0 Å². The number of methoxy groups -OCH3 is 1. The molecule has 1 N–H and O–H groups in total.